The number of carbonyl (C=O) groups is 4. The Labute approximate surface area is 126 Å². The summed E-state index contributed by atoms with van der Waals surface area (Å²) in [6, 6.07) is 0. The van der Waals surface area contributed by atoms with Crippen LogP contribution >= 0.6 is 0 Å². The average Bonchev–Trinajstić information content (AvgIpc) is 2.44. The Morgan fingerprint density at radius 1 is 0.818 bits per heavy atom. The molecule has 0 saturated heterocycles. The van der Waals surface area contributed by atoms with Crippen LogP contribution < -0.4 is 0 Å². The average molecular weight is 302 g/mol. The summed E-state index contributed by atoms with van der Waals surface area (Å²) in [5, 5.41) is 18.2. The summed E-state index contributed by atoms with van der Waals surface area (Å²) in [5.74, 6) is -2.63. The van der Waals surface area contributed by atoms with Gasteiger partial charge in [0.1, 0.15) is 0 Å². The number of allylic oxidation sites excluding steroid dienone is 4. The summed E-state index contributed by atoms with van der Waals surface area (Å²) in [4.78, 5) is 45.2. The molecule has 6 nitrogen and oxygen atoms in total. The highest BCUT2D eigenvalue weighted by Gasteiger charge is 2.22. The number of hydrogen-bond acceptors (Lipinski definition) is 4. The van der Waals surface area contributed by atoms with Gasteiger partial charge in [0.15, 0.2) is 11.6 Å². The molecule has 0 spiro atoms. The van der Waals surface area contributed by atoms with E-state index in [0.29, 0.717) is 11.1 Å². The van der Waals surface area contributed by atoms with E-state index in [9.17, 15) is 19.2 Å². The summed E-state index contributed by atoms with van der Waals surface area (Å²) < 4.78 is 0. The van der Waals surface area contributed by atoms with Gasteiger partial charge in [0.25, 0.3) is 0 Å². The van der Waals surface area contributed by atoms with Crippen LogP contribution in [0.1, 0.15) is 25.7 Å². The molecule has 2 aliphatic rings. The molecule has 0 aliphatic heterocycles. The van der Waals surface area contributed by atoms with Crippen LogP contribution in [0, 0.1) is 0 Å². The number of hydrogen-bond donors (Lipinski definition) is 2. The third-order valence-electron chi connectivity index (χ3n) is 3.50. The van der Waals surface area contributed by atoms with Crippen LogP contribution in [-0.4, -0.2) is 33.7 Å². The predicted octanol–water partition coefficient (Wildman–Crippen LogP) is 1.59. The van der Waals surface area contributed by atoms with Gasteiger partial charge in [-0.2, -0.15) is 0 Å². The van der Waals surface area contributed by atoms with Crippen LogP contribution in [0.3, 0.4) is 0 Å². The summed E-state index contributed by atoms with van der Waals surface area (Å²) in [5.41, 5.74) is 0.825. The van der Waals surface area contributed by atoms with E-state index in [-0.39, 0.29) is 48.4 Å². The van der Waals surface area contributed by atoms with Crippen LogP contribution in [0.5, 0.6) is 0 Å². The molecule has 0 amide bonds. The number of carbonyl (C=O) groups excluding carboxylic acids is 2. The van der Waals surface area contributed by atoms with Gasteiger partial charge in [0.2, 0.25) is 0 Å². The molecule has 0 bridgehead atoms. The lowest BCUT2D eigenvalue weighted by atomic mass is 9.88. The molecule has 6 heteroatoms. The minimum absolute atomic E-state index is 0.0482. The first-order valence-corrected chi connectivity index (χ1v) is 6.73. The minimum atomic E-state index is -1.12. The van der Waals surface area contributed by atoms with E-state index in [1.165, 1.54) is 24.3 Å². The molecular formula is C16H14O6. The van der Waals surface area contributed by atoms with Crippen molar-refractivity contribution in [3.8, 4) is 0 Å². The van der Waals surface area contributed by atoms with Gasteiger partial charge in [0, 0.05) is 12.8 Å². The Morgan fingerprint density at radius 2 is 1.18 bits per heavy atom. The number of carboxylic acids is 2. The molecule has 0 radical (unpaired) electrons. The third-order valence-corrected chi connectivity index (χ3v) is 3.50. The zero-order valence-corrected chi connectivity index (χ0v) is 11.7. The van der Waals surface area contributed by atoms with Gasteiger partial charge in [-0.1, -0.05) is 12.2 Å². The van der Waals surface area contributed by atoms with Gasteiger partial charge < -0.3 is 10.2 Å². The second-order valence-corrected chi connectivity index (χ2v) is 5.03. The zero-order chi connectivity index (χ0) is 16.3. The van der Waals surface area contributed by atoms with Crippen LogP contribution in [-0.2, 0) is 19.2 Å². The number of rotatable bonds is 5. The van der Waals surface area contributed by atoms with Crippen molar-refractivity contribution in [3.05, 3.63) is 46.6 Å². The minimum Gasteiger partial charge on any atom is -0.478 e. The first-order valence-electron chi connectivity index (χ1n) is 6.73. The van der Waals surface area contributed by atoms with E-state index in [1.807, 2.05) is 0 Å². The molecule has 114 valence electrons. The highest BCUT2D eigenvalue weighted by molar-refractivity contribution is 6.02. The largest absolute Gasteiger partial charge is 0.478 e. The topological polar surface area (TPSA) is 109 Å². The predicted molar refractivity (Wildman–Crippen MR) is 76.1 cm³/mol. The Morgan fingerprint density at radius 3 is 1.50 bits per heavy atom. The fraction of sp³-hybridized carbons (Fsp3) is 0.250. The lowest BCUT2D eigenvalue weighted by molar-refractivity contribution is -0.133. The summed E-state index contributed by atoms with van der Waals surface area (Å²) in [6.45, 7) is 0. The maximum absolute atomic E-state index is 11.4. The lowest BCUT2D eigenvalue weighted by Gasteiger charge is -2.16. The number of aliphatic carboxylic acids is 2. The molecule has 2 N–H and O–H groups in total. The molecule has 0 unspecified atom stereocenters. The Hall–Kier alpha value is -2.76. The lowest BCUT2D eigenvalue weighted by Crippen LogP contribution is -2.13. The molecule has 0 saturated carbocycles. The molecule has 0 heterocycles. The zero-order valence-electron chi connectivity index (χ0n) is 11.7. The van der Waals surface area contributed by atoms with Crippen molar-refractivity contribution >= 4 is 23.5 Å². The standard InChI is InChI=1S/C16H14O6/c17-11-3-5-13(15(19)20)9(7-11)1-2-10-8-12(18)4-6-14(10)16(21)22/h5-8H,1-4H2,(H,19,20)(H,21,22). The fourth-order valence-corrected chi connectivity index (χ4v) is 2.46. The maximum atomic E-state index is 11.4. The van der Waals surface area contributed by atoms with E-state index in [0.717, 1.165) is 0 Å². The molecule has 2 aliphatic carbocycles. The molecular weight excluding hydrogens is 288 g/mol. The second-order valence-electron chi connectivity index (χ2n) is 5.03. The highest BCUT2D eigenvalue weighted by atomic mass is 16.4. The molecule has 0 fully saturated rings. The van der Waals surface area contributed by atoms with Crippen molar-refractivity contribution in [2.24, 2.45) is 0 Å². The van der Waals surface area contributed by atoms with Crippen LogP contribution in [0.4, 0.5) is 0 Å². The summed E-state index contributed by atoms with van der Waals surface area (Å²) in [6.07, 6.45) is 5.74. The second kappa shape index (κ2) is 6.34. The third kappa shape index (κ3) is 3.46. The fourth-order valence-electron chi connectivity index (χ4n) is 2.46. The van der Waals surface area contributed by atoms with E-state index < -0.39 is 11.9 Å². The van der Waals surface area contributed by atoms with Gasteiger partial charge in [-0.05, 0) is 36.1 Å². The summed E-state index contributed by atoms with van der Waals surface area (Å²) >= 11 is 0. The van der Waals surface area contributed by atoms with E-state index in [4.69, 9.17) is 10.2 Å². The van der Waals surface area contributed by atoms with Crippen LogP contribution in [0.25, 0.3) is 0 Å². The molecule has 0 atom stereocenters. The van der Waals surface area contributed by atoms with Crippen molar-refractivity contribution in [3.63, 3.8) is 0 Å². The SMILES string of the molecule is O=C1C=C(CCC2=CC(=O)CC=C2C(=O)O)C(C(=O)O)=CC1. The van der Waals surface area contributed by atoms with Crippen LogP contribution in [0.15, 0.2) is 46.6 Å². The molecule has 22 heavy (non-hydrogen) atoms. The van der Waals surface area contributed by atoms with Gasteiger partial charge in [-0.15, -0.1) is 0 Å². The van der Waals surface area contributed by atoms with Crippen molar-refractivity contribution in [2.75, 3.05) is 0 Å². The Bertz CT molecular complexity index is 627. The first-order chi connectivity index (χ1) is 10.4. The highest BCUT2D eigenvalue weighted by Crippen LogP contribution is 2.28. The smallest absolute Gasteiger partial charge is 0.335 e. The number of carboxylic acid groups (broad SMARTS) is 2. The van der Waals surface area contributed by atoms with Gasteiger partial charge in [-0.3, -0.25) is 9.59 Å². The Balaban J connectivity index is 2.17. The van der Waals surface area contributed by atoms with Crippen molar-refractivity contribution in [2.45, 2.75) is 25.7 Å². The van der Waals surface area contributed by atoms with Crippen molar-refractivity contribution < 1.29 is 29.4 Å². The van der Waals surface area contributed by atoms with Gasteiger partial charge in [0.05, 0.1) is 11.1 Å². The number of ketones is 2. The maximum Gasteiger partial charge on any atom is 0.335 e. The van der Waals surface area contributed by atoms with Gasteiger partial charge in [-0.25, -0.2) is 9.59 Å². The molecule has 0 aromatic carbocycles. The van der Waals surface area contributed by atoms with E-state index in [1.54, 1.807) is 0 Å². The molecule has 0 aromatic heterocycles. The van der Waals surface area contributed by atoms with Crippen molar-refractivity contribution in [1.82, 2.24) is 0 Å². The molecule has 0 aromatic rings. The van der Waals surface area contributed by atoms with Crippen molar-refractivity contribution in [1.29, 1.82) is 0 Å². The molecule has 2 rings (SSSR count). The van der Waals surface area contributed by atoms with E-state index >= 15 is 0 Å². The monoisotopic (exact) mass is 302 g/mol. The normalized spacial score (nSPS) is 18.2. The Kier molecular flexibility index (Phi) is 4.50. The van der Waals surface area contributed by atoms with E-state index in [2.05, 4.69) is 0 Å². The van der Waals surface area contributed by atoms with Gasteiger partial charge >= 0.3 is 11.9 Å². The summed E-state index contributed by atoms with van der Waals surface area (Å²) in [7, 11) is 0. The van der Waals surface area contributed by atoms with Crippen LogP contribution in [0.2, 0.25) is 0 Å². The first kappa shape index (κ1) is 15.6. The quantitative estimate of drug-likeness (QED) is 0.798.